The summed E-state index contributed by atoms with van der Waals surface area (Å²) in [6.07, 6.45) is 1.72. The molecule has 5 nitrogen and oxygen atoms in total. The molecular formula is C16H14N4O. The number of anilines is 3. The van der Waals surface area contributed by atoms with E-state index < -0.39 is 5.91 Å². The fourth-order valence-electron chi connectivity index (χ4n) is 2.23. The van der Waals surface area contributed by atoms with Crippen LogP contribution < -0.4 is 16.8 Å². The van der Waals surface area contributed by atoms with Crippen molar-refractivity contribution >= 4 is 33.9 Å². The molecule has 0 saturated heterocycles. The van der Waals surface area contributed by atoms with Gasteiger partial charge in [-0.05, 0) is 30.3 Å². The smallest absolute Gasteiger partial charge is 0.250 e. The van der Waals surface area contributed by atoms with Crippen LogP contribution in [0.4, 0.5) is 17.1 Å². The van der Waals surface area contributed by atoms with Gasteiger partial charge >= 0.3 is 0 Å². The van der Waals surface area contributed by atoms with Crippen molar-refractivity contribution in [3.05, 3.63) is 60.3 Å². The van der Waals surface area contributed by atoms with Gasteiger partial charge < -0.3 is 16.8 Å². The van der Waals surface area contributed by atoms with Gasteiger partial charge in [-0.2, -0.15) is 0 Å². The summed E-state index contributed by atoms with van der Waals surface area (Å²) in [5, 5.41) is 4.20. The van der Waals surface area contributed by atoms with E-state index in [-0.39, 0.29) is 0 Å². The maximum Gasteiger partial charge on any atom is 0.250 e. The normalized spacial score (nSPS) is 10.5. The third-order valence-electron chi connectivity index (χ3n) is 3.21. The van der Waals surface area contributed by atoms with Crippen molar-refractivity contribution in [1.29, 1.82) is 0 Å². The molecule has 21 heavy (non-hydrogen) atoms. The van der Waals surface area contributed by atoms with Gasteiger partial charge in [-0.3, -0.25) is 9.78 Å². The molecule has 3 aromatic rings. The van der Waals surface area contributed by atoms with Gasteiger partial charge in [-0.25, -0.2) is 0 Å². The molecule has 0 aliphatic carbocycles. The van der Waals surface area contributed by atoms with Gasteiger partial charge in [0, 0.05) is 17.3 Å². The number of para-hydroxylation sites is 1. The molecule has 1 aromatic heterocycles. The van der Waals surface area contributed by atoms with Crippen molar-refractivity contribution in [2.75, 3.05) is 11.1 Å². The van der Waals surface area contributed by atoms with Gasteiger partial charge in [-0.1, -0.05) is 18.2 Å². The number of carbonyl (C=O) groups is 1. The van der Waals surface area contributed by atoms with Crippen molar-refractivity contribution in [2.24, 2.45) is 5.73 Å². The Labute approximate surface area is 121 Å². The molecule has 5 heteroatoms. The number of benzene rings is 2. The van der Waals surface area contributed by atoms with Crippen molar-refractivity contribution < 1.29 is 4.79 Å². The van der Waals surface area contributed by atoms with E-state index in [2.05, 4.69) is 10.3 Å². The molecule has 3 rings (SSSR count). The van der Waals surface area contributed by atoms with E-state index >= 15 is 0 Å². The van der Waals surface area contributed by atoms with Gasteiger partial charge in [0.05, 0.1) is 22.5 Å². The van der Waals surface area contributed by atoms with Crippen LogP contribution in [0.25, 0.3) is 10.9 Å². The Kier molecular flexibility index (Phi) is 3.16. The minimum absolute atomic E-state index is 0.386. The topological polar surface area (TPSA) is 94.0 Å². The number of hydrogen-bond donors (Lipinski definition) is 3. The summed E-state index contributed by atoms with van der Waals surface area (Å²) in [6, 6.07) is 14.6. The van der Waals surface area contributed by atoms with E-state index in [0.29, 0.717) is 16.9 Å². The zero-order valence-corrected chi connectivity index (χ0v) is 11.2. The highest BCUT2D eigenvalue weighted by atomic mass is 16.1. The Hall–Kier alpha value is -3.08. The summed E-state index contributed by atoms with van der Waals surface area (Å²) >= 11 is 0. The second kappa shape index (κ2) is 5.13. The second-order valence-electron chi connectivity index (χ2n) is 4.67. The molecule has 1 amide bonds. The number of rotatable bonds is 3. The summed E-state index contributed by atoms with van der Waals surface area (Å²) in [5.41, 5.74) is 14.3. The van der Waals surface area contributed by atoms with E-state index in [0.717, 1.165) is 16.6 Å². The molecule has 0 atom stereocenters. The van der Waals surface area contributed by atoms with Crippen molar-refractivity contribution in [2.45, 2.75) is 0 Å². The monoisotopic (exact) mass is 278 g/mol. The van der Waals surface area contributed by atoms with Gasteiger partial charge in [-0.15, -0.1) is 0 Å². The number of fused-ring (bicyclic) bond motifs is 1. The number of pyridine rings is 1. The highest BCUT2D eigenvalue weighted by Gasteiger charge is 2.10. The number of nitrogen functional groups attached to an aromatic ring is 1. The van der Waals surface area contributed by atoms with Crippen LogP contribution in [-0.2, 0) is 0 Å². The molecule has 0 aliphatic rings. The van der Waals surface area contributed by atoms with Gasteiger partial charge in [0.25, 0.3) is 5.91 Å². The summed E-state index contributed by atoms with van der Waals surface area (Å²) in [4.78, 5) is 15.9. The minimum atomic E-state index is -0.509. The van der Waals surface area contributed by atoms with Crippen LogP contribution in [0.3, 0.4) is 0 Å². The minimum Gasteiger partial charge on any atom is -0.399 e. The third-order valence-corrected chi connectivity index (χ3v) is 3.21. The molecular weight excluding hydrogens is 264 g/mol. The standard InChI is InChI=1S/C16H14N4O/c17-11-6-7-12(16(18)21)14(9-11)20-13-5-1-3-10-4-2-8-19-15(10)13/h1-9,20H,17H2,(H2,18,21). The Balaban J connectivity index is 2.11. The van der Waals surface area contributed by atoms with E-state index in [9.17, 15) is 4.79 Å². The van der Waals surface area contributed by atoms with Crippen LogP contribution in [0.1, 0.15) is 10.4 Å². The molecule has 5 N–H and O–H groups in total. The first-order valence-electron chi connectivity index (χ1n) is 6.45. The Morgan fingerprint density at radius 2 is 1.86 bits per heavy atom. The SMILES string of the molecule is NC(=O)c1ccc(N)cc1Nc1cccc2cccnc12. The van der Waals surface area contributed by atoms with Crippen LogP contribution in [-0.4, -0.2) is 10.9 Å². The number of aromatic nitrogens is 1. The van der Waals surface area contributed by atoms with E-state index in [1.807, 2.05) is 30.3 Å². The predicted octanol–water partition coefficient (Wildman–Crippen LogP) is 2.66. The first-order chi connectivity index (χ1) is 10.1. The average molecular weight is 278 g/mol. The van der Waals surface area contributed by atoms with E-state index in [1.165, 1.54) is 0 Å². The molecule has 0 spiro atoms. The quantitative estimate of drug-likeness (QED) is 0.642. The maximum absolute atomic E-state index is 11.5. The van der Waals surface area contributed by atoms with Crippen molar-refractivity contribution in [3.8, 4) is 0 Å². The Morgan fingerprint density at radius 1 is 1.05 bits per heavy atom. The number of carbonyl (C=O) groups excluding carboxylic acids is 1. The number of amides is 1. The Bertz CT molecular complexity index is 824. The first-order valence-corrected chi connectivity index (χ1v) is 6.45. The third kappa shape index (κ3) is 2.49. The average Bonchev–Trinajstić information content (AvgIpc) is 2.47. The van der Waals surface area contributed by atoms with Gasteiger partial charge in [0.1, 0.15) is 0 Å². The Morgan fingerprint density at radius 3 is 2.67 bits per heavy atom. The lowest BCUT2D eigenvalue weighted by atomic mass is 10.1. The molecule has 0 unspecified atom stereocenters. The highest BCUT2D eigenvalue weighted by molar-refractivity contribution is 6.01. The fraction of sp³-hybridized carbons (Fsp3) is 0. The van der Waals surface area contributed by atoms with Crippen LogP contribution >= 0.6 is 0 Å². The zero-order valence-electron chi connectivity index (χ0n) is 11.2. The summed E-state index contributed by atoms with van der Waals surface area (Å²) in [5.74, 6) is -0.509. The molecule has 0 saturated carbocycles. The largest absolute Gasteiger partial charge is 0.399 e. The first kappa shape index (κ1) is 12.9. The molecule has 0 aliphatic heterocycles. The van der Waals surface area contributed by atoms with E-state index in [1.54, 1.807) is 24.4 Å². The molecule has 0 bridgehead atoms. The lowest BCUT2D eigenvalue weighted by Crippen LogP contribution is -2.13. The number of nitrogens with two attached hydrogens (primary N) is 2. The van der Waals surface area contributed by atoms with Crippen LogP contribution in [0, 0.1) is 0 Å². The van der Waals surface area contributed by atoms with Crippen molar-refractivity contribution in [3.63, 3.8) is 0 Å². The lowest BCUT2D eigenvalue weighted by Gasteiger charge is -2.12. The summed E-state index contributed by atoms with van der Waals surface area (Å²) in [7, 11) is 0. The lowest BCUT2D eigenvalue weighted by molar-refractivity contribution is 0.100. The van der Waals surface area contributed by atoms with E-state index in [4.69, 9.17) is 11.5 Å². The zero-order chi connectivity index (χ0) is 14.8. The number of hydrogen-bond acceptors (Lipinski definition) is 4. The highest BCUT2D eigenvalue weighted by Crippen LogP contribution is 2.27. The molecule has 1 heterocycles. The molecule has 0 radical (unpaired) electrons. The van der Waals surface area contributed by atoms with Gasteiger partial charge in [0.15, 0.2) is 0 Å². The van der Waals surface area contributed by atoms with Crippen molar-refractivity contribution in [1.82, 2.24) is 4.98 Å². The van der Waals surface area contributed by atoms with Crippen LogP contribution in [0.2, 0.25) is 0 Å². The van der Waals surface area contributed by atoms with Gasteiger partial charge in [0.2, 0.25) is 0 Å². The predicted molar refractivity (Wildman–Crippen MR) is 84.4 cm³/mol. The summed E-state index contributed by atoms with van der Waals surface area (Å²) < 4.78 is 0. The fourth-order valence-corrected chi connectivity index (χ4v) is 2.23. The summed E-state index contributed by atoms with van der Waals surface area (Å²) in [6.45, 7) is 0. The maximum atomic E-state index is 11.5. The number of primary amides is 1. The molecule has 0 fully saturated rings. The number of nitrogens with one attached hydrogen (secondary N) is 1. The number of nitrogens with zero attached hydrogens (tertiary/aromatic N) is 1. The molecule has 104 valence electrons. The van der Waals surface area contributed by atoms with Crippen LogP contribution in [0.15, 0.2) is 54.7 Å². The molecule has 2 aromatic carbocycles. The second-order valence-corrected chi connectivity index (χ2v) is 4.67. The van der Waals surface area contributed by atoms with Crippen LogP contribution in [0.5, 0.6) is 0 Å².